The summed E-state index contributed by atoms with van der Waals surface area (Å²) in [5.74, 6) is 7.41. The lowest BCUT2D eigenvalue weighted by molar-refractivity contribution is -0.385. The van der Waals surface area contributed by atoms with Crippen LogP contribution in [0, 0.1) is 10.1 Å². The molecule has 0 aliphatic carbocycles. The van der Waals surface area contributed by atoms with Gasteiger partial charge in [0.15, 0.2) is 28.4 Å². The summed E-state index contributed by atoms with van der Waals surface area (Å²) in [6.45, 7) is 5.49. The minimum absolute atomic E-state index is 0.0268. The Labute approximate surface area is 716 Å². The number of nitro groups is 1. The van der Waals surface area contributed by atoms with E-state index in [1.807, 2.05) is 157 Å². The van der Waals surface area contributed by atoms with Crippen molar-refractivity contribution < 1.29 is 4.92 Å². The Balaban J connectivity index is 0.000000136. The maximum atomic E-state index is 10.7. The van der Waals surface area contributed by atoms with Gasteiger partial charge in [-0.05, 0) is 165 Å². The monoisotopic (exact) mass is 1730 g/mol. The first-order valence-electron chi connectivity index (χ1n) is 36.4. The molecule has 33 heteroatoms. The summed E-state index contributed by atoms with van der Waals surface area (Å²) >= 11 is 51.1. The molecule has 16 aromatic rings. The Hall–Kier alpha value is -11.9. The summed E-state index contributed by atoms with van der Waals surface area (Å²) in [5.41, 5.74) is 12.6. The van der Waals surface area contributed by atoms with Crippen molar-refractivity contribution in [2.75, 3.05) is 101 Å². The van der Waals surface area contributed by atoms with Crippen molar-refractivity contribution in [3.8, 4) is 45.6 Å². The van der Waals surface area contributed by atoms with Crippen LogP contribution in [0.3, 0.4) is 0 Å². The van der Waals surface area contributed by atoms with Gasteiger partial charge in [0, 0.05) is 140 Å². The second-order valence-electron chi connectivity index (χ2n) is 25.5. The van der Waals surface area contributed by atoms with Crippen molar-refractivity contribution in [1.82, 2.24) is 59.8 Å². The van der Waals surface area contributed by atoms with Crippen LogP contribution in [0.4, 0.5) is 57.2 Å². The molecule has 0 atom stereocenters. The molecule has 8 heterocycles. The summed E-state index contributed by atoms with van der Waals surface area (Å²) < 4.78 is 0. The van der Waals surface area contributed by atoms with E-state index in [9.17, 15) is 10.1 Å². The number of hydrogen-bond donors (Lipinski definition) is 9. The number of nitrogens with two attached hydrogens (primary N) is 1. The number of rotatable bonds is 27. The van der Waals surface area contributed by atoms with E-state index < -0.39 is 4.92 Å². The molecule has 0 aliphatic rings. The van der Waals surface area contributed by atoms with E-state index >= 15 is 0 Å². The first kappa shape index (κ1) is 83.1. The van der Waals surface area contributed by atoms with Crippen LogP contribution < -0.4 is 48.3 Å². The fourth-order valence-electron chi connectivity index (χ4n) is 11.7. The smallest absolute Gasteiger partial charge is 0.287 e. The van der Waals surface area contributed by atoms with Gasteiger partial charge < -0.3 is 48.3 Å². The van der Waals surface area contributed by atoms with Crippen LogP contribution in [0.1, 0.15) is 12.8 Å². The molecule has 0 unspecified atom stereocenters. The second kappa shape index (κ2) is 41.1. The highest BCUT2D eigenvalue weighted by atomic mass is 35.5. The molecule has 0 spiro atoms. The third-order valence-corrected chi connectivity index (χ3v) is 20.2. The molecule has 16 rings (SSSR count). The minimum atomic E-state index is -0.467. The van der Waals surface area contributed by atoms with Crippen molar-refractivity contribution in [2.24, 2.45) is 0 Å². The number of aromatic nitrogens is 12. The molecule has 24 nitrogen and oxygen atoms in total. The second-order valence-corrected chi connectivity index (χ2v) is 29.7. The van der Waals surface area contributed by atoms with Gasteiger partial charge in [0.1, 0.15) is 46.9 Å². The number of pyridine rings is 3. The number of halogens is 8. The zero-order chi connectivity index (χ0) is 81.4. The predicted octanol–water partition coefficient (Wildman–Crippen LogP) is 22.4. The van der Waals surface area contributed by atoms with Gasteiger partial charge in [-0.15, -0.1) is 11.3 Å². The molecule has 0 saturated heterocycles. The Morgan fingerprint density at radius 2 is 0.675 bits per heavy atom. The Morgan fingerprint density at radius 1 is 0.333 bits per heavy atom. The highest BCUT2D eigenvalue weighted by Crippen LogP contribution is 2.37. The zero-order valence-electron chi connectivity index (χ0n) is 61.8. The molecule has 0 amide bonds. The third-order valence-electron chi connectivity index (χ3n) is 17.3. The molecule has 0 aliphatic heterocycles. The minimum Gasteiger partial charge on any atom is -0.397 e. The SMILES string of the molecule is Clc1ccc(-c2nc(NCCNc3ccccn3)c3ccccc3n2)c(Cl)c1.Clc1ccc(-c2nc(NCCNc3nccs3)c3ccccc3n2)c(Cl)c1.Nc1ccc(NCCNc2nc(-c3ccc(Cl)cc3Cl)nc3ccccc23)nc1.O=[N+]([O-])c1ccc(NCCCCNc2nc(-c3ccc(Cl)cc3Cl)nc3ccccc23)nc1. The lowest BCUT2D eigenvalue weighted by Crippen LogP contribution is -2.15. The van der Waals surface area contributed by atoms with Gasteiger partial charge in [0.25, 0.3) is 5.69 Å². The van der Waals surface area contributed by atoms with Gasteiger partial charge in [-0.1, -0.05) is 147 Å². The average Bonchev–Trinajstić information content (AvgIpc) is 1.05. The van der Waals surface area contributed by atoms with Crippen molar-refractivity contribution in [3.05, 3.63) is 293 Å². The zero-order valence-corrected chi connectivity index (χ0v) is 68.7. The highest BCUT2D eigenvalue weighted by molar-refractivity contribution is 7.13. The maximum absolute atomic E-state index is 10.7. The molecule has 117 heavy (non-hydrogen) atoms. The van der Waals surface area contributed by atoms with Crippen molar-refractivity contribution in [3.63, 3.8) is 0 Å². The van der Waals surface area contributed by atoms with E-state index in [2.05, 4.69) is 82.4 Å². The summed E-state index contributed by atoms with van der Waals surface area (Å²) in [7, 11) is 0. The van der Waals surface area contributed by atoms with Crippen molar-refractivity contribution in [1.29, 1.82) is 0 Å². The summed E-state index contributed by atoms with van der Waals surface area (Å²) in [6, 6.07) is 65.0. The van der Waals surface area contributed by atoms with E-state index in [0.29, 0.717) is 121 Å². The fourth-order valence-corrected chi connectivity index (χ4v) is 14.2. The van der Waals surface area contributed by atoms with Crippen LogP contribution in [0.15, 0.2) is 242 Å². The number of thiazole rings is 1. The van der Waals surface area contributed by atoms with Crippen LogP contribution in [0.5, 0.6) is 0 Å². The Bertz CT molecular complexity index is 6080. The molecular formula is C84H70Cl8N22O2S. The number of hydrogen-bond acceptors (Lipinski definition) is 24. The van der Waals surface area contributed by atoms with Crippen molar-refractivity contribution >= 4 is 205 Å². The van der Waals surface area contributed by atoms with Crippen LogP contribution in [-0.4, -0.2) is 117 Å². The standard InChI is InChI=1S/C23H20Cl2N6O2.C21H18Cl2N6.C21H17Cl2N5.C19H15Cl2N5S/c24-15-7-9-17(19(25)13-15)23-29-20-6-2-1-5-18(20)22(30-23)27-12-4-3-11-26-21-10-8-16(14-28-21)31(32)33;22-13-5-7-15(17(23)11-13)21-28-18-4-2-1-3-16(18)20(29-21)26-10-9-25-19-8-6-14(24)12-27-19;22-14-8-9-15(17(23)13-14)21-27-18-6-2-1-5-16(18)20(28-21)26-12-11-25-19-7-3-4-10-24-19;20-12-5-6-13(15(21)11-12)18-25-16-4-2-1-3-14(16)17(26-18)22-7-8-23-19-24-9-10-27-19/h1-2,5-10,13-14H,3-4,11-12H2,(H,26,28)(H,27,29,30);1-8,11-12H,9-10,24H2,(H,25,27)(H,26,28,29);1-10,13H,11-12H2,(H,24,25)(H,26,27,28);1-6,9-11H,7-8H2,(H,23,24)(H,22,25,26). The molecule has 8 aromatic carbocycles. The number of benzene rings is 8. The van der Waals surface area contributed by atoms with Gasteiger partial charge in [0.2, 0.25) is 0 Å². The summed E-state index contributed by atoms with van der Waals surface area (Å²) in [4.78, 5) is 64.5. The number of para-hydroxylation sites is 4. The largest absolute Gasteiger partial charge is 0.397 e. The molecule has 0 bridgehead atoms. The molecule has 590 valence electrons. The first-order chi connectivity index (χ1) is 57.0. The lowest BCUT2D eigenvalue weighted by Gasteiger charge is -2.12. The van der Waals surface area contributed by atoms with Crippen LogP contribution in [0.2, 0.25) is 40.2 Å². The van der Waals surface area contributed by atoms with Crippen LogP contribution >= 0.6 is 104 Å². The van der Waals surface area contributed by atoms with Gasteiger partial charge in [-0.3, -0.25) is 10.1 Å². The number of unbranched alkanes of at least 4 members (excludes halogenated alkanes) is 1. The average molecular weight is 1740 g/mol. The third kappa shape index (κ3) is 23.0. The van der Waals surface area contributed by atoms with E-state index in [4.69, 9.17) is 118 Å². The quantitative estimate of drug-likeness (QED) is 0.0131. The molecule has 0 radical (unpaired) electrons. The van der Waals surface area contributed by atoms with Gasteiger partial charge in [-0.25, -0.2) is 59.8 Å². The van der Waals surface area contributed by atoms with Gasteiger partial charge in [-0.2, -0.15) is 0 Å². The Kier molecular flexibility index (Phi) is 29.2. The van der Waals surface area contributed by atoms with Crippen LogP contribution in [0.25, 0.3) is 89.2 Å². The first-order valence-corrected chi connectivity index (χ1v) is 40.3. The maximum Gasteiger partial charge on any atom is 0.287 e. The topological polar surface area (TPSA) is 320 Å². The number of fused-ring (bicyclic) bond motifs is 4. The van der Waals surface area contributed by atoms with Gasteiger partial charge >= 0.3 is 0 Å². The number of nitrogens with zero attached hydrogens (tertiary/aromatic N) is 13. The van der Waals surface area contributed by atoms with E-state index in [1.54, 1.807) is 84.5 Å². The molecule has 0 fully saturated rings. The number of anilines is 9. The highest BCUT2D eigenvalue weighted by Gasteiger charge is 2.18. The molecular weight excluding hydrogens is 1660 g/mol. The van der Waals surface area contributed by atoms with E-state index in [1.165, 1.54) is 12.3 Å². The fraction of sp³-hybridized carbons (Fsp3) is 0.119. The predicted molar refractivity (Wildman–Crippen MR) is 483 cm³/mol. The molecule has 10 N–H and O–H groups in total. The normalized spacial score (nSPS) is 10.8. The number of nitrogens with one attached hydrogen (secondary N) is 8. The van der Waals surface area contributed by atoms with E-state index in [-0.39, 0.29) is 5.69 Å². The van der Waals surface area contributed by atoms with E-state index in [0.717, 1.165) is 125 Å². The van der Waals surface area contributed by atoms with Crippen LogP contribution in [-0.2, 0) is 0 Å². The summed E-state index contributed by atoms with van der Waals surface area (Å²) in [6.07, 6.45) is 8.17. The lowest BCUT2D eigenvalue weighted by atomic mass is 10.1. The molecule has 0 saturated carbocycles. The summed E-state index contributed by atoms with van der Waals surface area (Å²) in [5, 5.41) is 48.2. The van der Waals surface area contributed by atoms with Crippen molar-refractivity contribution in [2.45, 2.75) is 12.8 Å². The number of nitrogen functional groups attached to an aromatic ring is 1. The van der Waals surface area contributed by atoms with Gasteiger partial charge in [0.05, 0.1) is 59.0 Å². The Morgan fingerprint density at radius 3 is 1.02 bits per heavy atom. The molecule has 8 aromatic heterocycles.